The topological polar surface area (TPSA) is 121 Å². The molecule has 2 aromatic heterocycles. The molecule has 0 aliphatic carbocycles. The SMILES string of the molecule is O=C(Cn1cc([N+](=O)[O-])cn1)Nn1cnnc1. The summed E-state index contributed by atoms with van der Waals surface area (Å²) in [4.78, 5) is 21.2. The van der Waals surface area contributed by atoms with Crippen LogP contribution in [0.3, 0.4) is 0 Å². The van der Waals surface area contributed by atoms with Crippen molar-refractivity contribution in [2.75, 3.05) is 5.43 Å². The van der Waals surface area contributed by atoms with E-state index in [-0.39, 0.29) is 12.2 Å². The first-order valence-corrected chi connectivity index (χ1v) is 4.46. The van der Waals surface area contributed by atoms with Crippen molar-refractivity contribution in [2.24, 2.45) is 0 Å². The molecule has 1 amide bonds. The van der Waals surface area contributed by atoms with E-state index in [9.17, 15) is 14.9 Å². The Morgan fingerprint density at radius 2 is 2.18 bits per heavy atom. The monoisotopic (exact) mass is 237 g/mol. The molecule has 10 nitrogen and oxygen atoms in total. The quantitative estimate of drug-likeness (QED) is 0.546. The van der Waals surface area contributed by atoms with Gasteiger partial charge in [0.15, 0.2) is 0 Å². The summed E-state index contributed by atoms with van der Waals surface area (Å²) in [5.74, 6) is -0.400. The molecule has 17 heavy (non-hydrogen) atoms. The minimum atomic E-state index is -0.582. The number of amides is 1. The molecule has 0 spiro atoms. The molecular weight excluding hydrogens is 230 g/mol. The van der Waals surface area contributed by atoms with E-state index in [1.807, 2.05) is 0 Å². The van der Waals surface area contributed by atoms with Gasteiger partial charge in [-0.05, 0) is 0 Å². The van der Waals surface area contributed by atoms with Gasteiger partial charge in [-0.2, -0.15) is 5.10 Å². The first kappa shape index (κ1) is 10.7. The summed E-state index contributed by atoms with van der Waals surface area (Å²) in [5.41, 5.74) is 2.27. The number of carbonyl (C=O) groups is 1. The summed E-state index contributed by atoms with van der Waals surface area (Å²) < 4.78 is 2.43. The standard InChI is InChI=1S/C7H7N7O3/c15-7(11-13-4-8-9-5-13)3-12-2-6(1-10-12)14(16)17/h1-2,4-5H,3H2,(H,11,15). The van der Waals surface area contributed by atoms with Gasteiger partial charge >= 0.3 is 5.69 Å². The molecule has 0 aliphatic rings. The number of nitro groups is 1. The second kappa shape index (κ2) is 4.38. The van der Waals surface area contributed by atoms with Gasteiger partial charge in [-0.15, -0.1) is 10.2 Å². The molecule has 0 aromatic carbocycles. The maximum absolute atomic E-state index is 11.4. The Balaban J connectivity index is 1.96. The zero-order valence-electron chi connectivity index (χ0n) is 8.42. The zero-order chi connectivity index (χ0) is 12.3. The Morgan fingerprint density at radius 3 is 2.76 bits per heavy atom. The number of nitrogens with one attached hydrogen (secondary N) is 1. The highest BCUT2D eigenvalue weighted by Gasteiger charge is 2.11. The zero-order valence-corrected chi connectivity index (χ0v) is 8.42. The summed E-state index contributed by atoms with van der Waals surface area (Å²) >= 11 is 0. The minimum Gasteiger partial charge on any atom is -0.271 e. The van der Waals surface area contributed by atoms with Crippen molar-refractivity contribution in [3.8, 4) is 0 Å². The van der Waals surface area contributed by atoms with Gasteiger partial charge in [0.25, 0.3) is 5.91 Å². The second-order valence-corrected chi connectivity index (χ2v) is 3.06. The highest BCUT2D eigenvalue weighted by Crippen LogP contribution is 2.07. The van der Waals surface area contributed by atoms with E-state index in [0.717, 1.165) is 10.9 Å². The lowest BCUT2D eigenvalue weighted by molar-refractivity contribution is -0.385. The van der Waals surface area contributed by atoms with Gasteiger partial charge in [0.2, 0.25) is 0 Å². The lowest BCUT2D eigenvalue weighted by Gasteiger charge is -2.03. The normalized spacial score (nSPS) is 10.1. The maximum atomic E-state index is 11.4. The number of aromatic nitrogens is 5. The number of nitrogens with zero attached hydrogens (tertiary/aromatic N) is 6. The van der Waals surface area contributed by atoms with Crippen LogP contribution in [0.25, 0.3) is 0 Å². The van der Waals surface area contributed by atoms with E-state index in [1.54, 1.807) is 0 Å². The molecule has 2 heterocycles. The maximum Gasteiger partial charge on any atom is 0.307 e. The van der Waals surface area contributed by atoms with E-state index in [4.69, 9.17) is 0 Å². The van der Waals surface area contributed by atoms with Crippen LogP contribution in [0, 0.1) is 10.1 Å². The predicted octanol–water partition coefficient (Wildman–Crippen LogP) is -0.847. The summed E-state index contributed by atoms with van der Waals surface area (Å²) in [6, 6.07) is 0. The molecule has 0 unspecified atom stereocenters. The van der Waals surface area contributed by atoms with Crippen molar-refractivity contribution < 1.29 is 9.72 Å². The molecule has 1 N–H and O–H groups in total. The molecular formula is C7H7N7O3. The van der Waals surface area contributed by atoms with Crippen molar-refractivity contribution in [2.45, 2.75) is 6.54 Å². The van der Waals surface area contributed by atoms with Crippen LogP contribution in [0.2, 0.25) is 0 Å². The van der Waals surface area contributed by atoms with Crippen LogP contribution in [0.1, 0.15) is 0 Å². The summed E-state index contributed by atoms with van der Waals surface area (Å²) in [6.07, 6.45) is 4.87. The van der Waals surface area contributed by atoms with Crippen molar-refractivity contribution in [1.82, 2.24) is 24.7 Å². The van der Waals surface area contributed by atoms with Gasteiger partial charge in [-0.3, -0.25) is 25.0 Å². The van der Waals surface area contributed by atoms with Crippen LogP contribution in [0.15, 0.2) is 25.0 Å². The third-order valence-corrected chi connectivity index (χ3v) is 1.81. The smallest absolute Gasteiger partial charge is 0.271 e. The van der Waals surface area contributed by atoms with E-state index in [2.05, 4.69) is 20.7 Å². The highest BCUT2D eigenvalue weighted by molar-refractivity contribution is 5.83. The summed E-state index contributed by atoms with van der Waals surface area (Å²) in [5, 5.41) is 21.1. The van der Waals surface area contributed by atoms with Crippen LogP contribution in [0.5, 0.6) is 0 Å². The first-order valence-electron chi connectivity index (χ1n) is 4.46. The van der Waals surface area contributed by atoms with E-state index in [0.29, 0.717) is 0 Å². The number of hydrogen-bond donors (Lipinski definition) is 1. The minimum absolute atomic E-state index is 0.133. The molecule has 88 valence electrons. The molecule has 0 bridgehead atoms. The van der Waals surface area contributed by atoms with Gasteiger partial charge in [-0.25, -0.2) is 4.68 Å². The number of rotatable bonds is 4. The van der Waals surface area contributed by atoms with Gasteiger partial charge in [0.05, 0.1) is 4.92 Å². The van der Waals surface area contributed by atoms with Crippen LogP contribution >= 0.6 is 0 Å². The summed E-state index contributed by atoms with van der Waals surface area (Å²) in [6.45, 7) is -0.133. The lowest BCUT2D eigenvalue weighted by Crippen LogP contribution is -2.25. The van der Waals surface area contributed by atoms with Crippen molar-refractivity contribution >= 4 is 11.6 Å². The molecule has 0 radical (unpaired) electrons. The molecule has 2 aromatic rings. The highest BCUT2D eigenvalue weighted by atomic mass is 16.6. The Morgan fingerprint density at radius 1 is 1.47 bits per heavy atom. The second-order valence-electron chi connectivity index (χ2n) is 3.06. The lowest BCUT2D eigenvalue weighted by atomic mass is 10.6. The third kappa shape index (κ3) is 2.62. The Hall–Kier alpha value is -2.78. The Kier molecular flexibility index (Phi) is 2.77. The van der Waals surface area contributed by atoms with Crippen molar-refractivity contribution in [3.05, 3.63) is 35.2 Å². The fourth-order valence-corrected chi connectivity index (χ4v) is 1.12. The van der Waals surface area contributed by atoms with Gasteiger partial charge in [-0.1, -0.05) is 0 Å². The van der Waals surface area contributed by atoms with Gasteiger partial charge in [0, 0.05) is 0 Å². The van der Waals surface area contributed by atoms with Crippen LogP contribution in [-0.2, 0) is 11.3 Å². The predicted molar refractivity (Wildman–Crippen MR) is 53.3 cm³/mol. The molecule has 0 fully saturated rings. The number of carbonyl (C=O) groups excluding carboxylic acids is 1. The van der Waals surface area contributed by atoms with Gasteiger partial charge in [0.1, 0.15) is 31.6 Å². The first-order chi connectivity index (χ1) is 8.15. The third-order valence-electron chi connectivity index (χ3n) is 1.81. The van der Waals surface area contributed by atoms with Crippen molar-refractivity contribution in [1.29, 1.82) is 0 Å². The number of hydrogen-bond acceptors (Lipinski definition) is 6. The molecule has 0 aliphatic heterocycles. The average molecular weight is 237 g/mol. The average Bonchev–Trinajstić information content (AvgIpc) is 2.88. The van der Waals surface area contributed by atoms with Crippen LogP contribution in [0.4, 0.5) is 5.69 Å². The largest absolute Gasteiger partial charge is 0.307 e. The molecule has 2 rings (SSSR count). The van der Waals surface area contributed by atoms with Crippen LogP contribution < -0.4 is 5.43 Å². The fraction of sp³-hybridized carbons (Fsp3) is 0.143. The fourth-order valence-electron chi connectivity index (χ4n) is 1.12. The van der Waals surface area contributed by atoms with E-state index in [1.165, 1.54) is 23.5 Å². The molecule has 0 saturated carbocycles. The summed E-state index contributed by atoms with van der Waals surface area (Å²) in [7, 11) is 0. The molecule has 0 atom stereocenters. The van der Waals surface area contributed by atoms with Crippen molar-refractivity contribution in [3.63, 3.8) is 0 Å². The van der Waals surface area contributed by atoms with Crippen LogP contribution in [-0.4, -0.2) is 35.5 Å². The van der Waals surface area contributed by atoms with E-state index < -0.39 is 10.8 Å². The Bertz CT molecular complexity index is 531. The molecule has 10 heteroatoms. The Labute approximate surface area is 94.0 Å². The van der Waals surface area contributed by atoms with Gasteiger partial charge < -0.3 is 0 Å². The van der Waals surface area contributed by atoms with E-state index >= 15 is 0 Å². The molecule has 0 saturated heterocycles.